The minimum atomic E-state index is -3.67. The smallest absolute Gasteiger partial charge is 0.285 e. The minimum Gasteiger partial charge on any atom is -0.350 e. The maximum absolute atomic E-state index is 12.1. The minimum absolute atomic E-state index is 0.0353. The Morgan fingerprint density at radius 2 is 1.77 bits per heavy atom. The molecule has 0 bridgehead atoms. The number of aromatic nitrogens is 1. The summed E-state index contributed by atoms with van der Waals surface area (Å²) in [4.78, 5) is 12.2. The third kappa shape index (κ3) is 4.89. The van der Waals surface area contributed by atoms with E-state index in [1.54, 1.807) is 12.1 Å². The van der Waals surface area contributed by atoms with Crippen LogP contribution in [0.15, 0.2) is 47.6 Å². The molecule has 0 radical (unpaired) electrons. The van der Waals surface area contributed by atoms with Crippen molar-refractivity contribution >= 4 is 15.9 Å². The number of hydrogen-bond donors (Lipinski definition) is 2. The molecule has 1 aliphatic carbocycles. The van der Waals surface area contributed by atoms with E-state index < -0.39 is 10.0 Å². The fourth-order valence-electron chi connectivity index (χ4n) is 3.23. The summed E-state index contributed by atoms with van der Waals surface area (Å²) in [5.74, 6) is -0.0353. The standard InChI is InChI=1S/C19H23N3O3S/c20-26(24,25)18-7-5-15(6-8-18)9-11-21-19(23)14-22-12-10-16-3-1-2-4-17(16)13-22/h5-8,10,12-13H,1-4,9,11,14H2,(H2-,20,21,23,24,25)/p+1. The fourth-order valence-corrected chi connectivity index (χ4v) is 3.75. The number of sulfonamides is 1. The molecule has 3 rings (SSSR count). The summed E-state index contributed by atoms with van der Waals surface area (Å²) in [7, 11) is -3.67. The molecule has 0 saturated carbocycles. The first kappa shape index (κ1) is 18.5. The van der Waals surface area contributed by atoms with Crippen molar-refractivity contribution in [3.8, 4) is 0 Å². The van der Waals surface area contributed by atoms with E-state index in [0.29, 0.717) is 19.5 Å². The van der Waals surface area contributed by atoms with Crippen LogP contribution in [0, 0.1) is 0 Å². The van der Waals surface area contributed by atoms with Crippen molar-refractivity contribution < 1.29 is 17.8 Å². The van der Waals surface area contributed by atoms with E-state index in [4.69, 9.17) is 5.14 Å². The average Bonchev–Trinajstić information content (AvgIpc) is 2.61. The van der Waals surface area contributed by atoms with Crippen molar-refractivity contribution in [1.29, 1.82) is 0 Å². The molecule has 1 heterocycles. The maximum Gasteiger partial charge on any atom is 0.285 e. The molecule has 0 unspecified atom stereocenters. The number of nitrogens with two attached hydrogens (primary N) is 1. The van der Waals surface area contributed by atoms with E-state index >= 15 is 0 Å². The first-order chi connectivity index (χ1) is 12.4. The molecule has 0 atom stereocenters. The topological polar surface area (TPSA) is 93.1 Å². The maximum atomic E-state index is 12.1. The van der Waals surface area contributed by atoms with Gasteiger partial charge in [0.25, 0.3) is 5.91 Å². The van der Waals surface area contributed by atoms with Crippen LogP contribution in [0.5, 0.6) is 0 Å². The molecule has 138 valence electrons. The van der Waals surface area contributed by atoms with E-state index in [-0.39, 0.29) is 10.8 Å². The molecule has 0 saturated heterocycles. The van der Waals surface area contributed by atoms with E-state index in [9.17, 15) is 13.2 Å². The number of primary sulfonamides is 1. The van der Waals surface area contributed by atoms with E-state index in [1.165, 1.54) is 36.1 Å². The van der Waals surface area contributed by atoms with Crippen molar-refractivity contribution in [2.24, 2.45) is 5.14 Å². The van der Waals surface area contributed by atoms with Crippen LogP contribution in [0.1, 0.15) is 29.5 Å². The van der Waals surface area contributed by atoms with Gasteiger partial charge in [0, 0.05) is 18.2 Å². The number of rotatable bonds is 6. The lowest BCUT2D eigenvalue weighted by Crippen LogP contribution is -2.43. The van der Waals surface area contributed by atoms with Gasteiger partial charge in [-0.25, -0.2) is 13.6 Å². The van der Waals surface area contributed by atoms with E-state index in [0.717, 1.165) is 18.4 Å². The lowest BCUT2D eigenvalue weighted by molar-refractivity contribution is -0.685. The summed E-state index contributed by atoms with van der Waals surface area (Å²) in [6, 6.07) is 8.51. The largest absolute Gasteiger partial charge is 0.350 e. The molecular formula is C19H24N3O3S+. The molecular weight excluding hydrogens is 350 g/mol. The van der Waals surface area contributed by atoms with Gasteiger partial charge in [-0.1, -0.05) is 12.1 Å². The summed E-state index contributed by atoms with van der Waals surface area (Å²) in [6.45, 7) is 0.802. The van der Waals surface area contributed by atoms with Crippen LogP contribution in [0.2, 0.25) is 0 Å². The van der Waals surface area contributed by atoms with Crippen molar-refractivity contribution in [3.63, 3.8) is 0 Å². The van der Waals surface area contributed by atoms with Gasteiger partial charge in [0.05, 0.1) is 4.90 Å². The van der Waals surface area contributed by atoms with Gasteiger partial charge < -0.3 is 5.32 Å². The Labute approximate surface area is 154 Å². The molecule has 2 aromatic rings. The SMILES string of the molecule is NS(=O)(=O)c1ccc(CCNC(=O)C[n+]2ccc3c(c2)CCCC3)cc1. The van der Waals surface area contributed by atoms with E-state index in [2.05, 4.69) is 17.6 Å². The number of pyridine rings is 1. The first-order valence-corrected chi connectivity index (χ1v) is 10.4. The molecule has 6 nitrogen and oxygen atoms in total. The van der Waals surface area contributed by atoms with Gasteiger partial charge in [0.2, 0.25) is 16.6 Å². The van der Waals surface area contributed by atoms with Gasteiger partial charge in [-0.2, -0.15) is 4.57 Å². The average molecular weight is 374 g/mol. The summed E-state index contributed by atoms with van der Waals surface area (Å²) in [5, 5.41) is 7.98. The molecule has 0 fully saturated rings. The predicted octanol–water partition coefficient (Wildman–Crippen LogP) is 0.859. The molecule has 3 N–H and O–H groups in total. The second-order valence-electron chi connectivity index (χ2n) is 6.66. The number of amides is 1. The number of hydrogen-bond acceptors (Lipinski definition) is 3. The number of carbonyl (C=O) groups excluding carboxylic acids is 1. The lowest BCUT2D eigenvalue weighted by Gasteiger charge is -2.13. The van der Waals surface area contributed by atoms with Crippen LogP contribution in [0.25, 0.3) is 0 Å². The number of nitrogens with zero attached hydrogens (tertiary/aromatic N) is 1. The second kappa shape index (κ2) is 7.97. The summed E-state index contributed by atoms with van der Waals surface area (Å²) >= 11 is 0. The highest BCUT2D eigenvalue weighted by atomic mass is 32.2. The van der Waals surface area contributed by atoms with Crippen molar-refractivity contribution in [2.75, 3.05) is 6.54 Å². The molecule has 1 aliphatic rings. The summed E-state index contributed by atoms with van der Waals surface area (Å²) < 4.78 is 24.4. The second-order valence-corrected chi connectivity index (χ2v) is 8.23. The van der Waals surface area contributed by atoms with Crippen LogP contribution in [-0.2, 0) is 40.6 Å². The normalized spacial score (nSPS) is 13.9. The zero-order chi connectivity index (χ0) is 18.6. The quantitative estimate of drug-likeness (QED) is 0.735. The van der Waals surface area contributed by atoms with Gasteiger partial charge in [-0.3, -0.25) is 4.79 Å². The van der Waals surface area contributed by atoms with Crippen LogP contribution in [0.4, 0.5) is 0 Å². The molecule has 1 amide bonds. The van der Waals surface area contributed by atoms with Crippen LogP contribution in [-0.4, -0.2) is 20.9 Å². The number of fused-ring (bicyclic) bond motifs is 1. The van der Waals surface area contributed by atoms with Crippen molar-refractivity contribution in [3.05, 3.63) is 59.4 Å². The molecule has 0 aliphatic heterocycles. The molecule has 1 aromatic heterocycles. The molecule has 26 heavy (non-hydrogen) atoms. The lowest BCUT2D eigenvalue weighted by atomic mass is 9.93. The van der Waals surface area contributed by atoms with E-state index in [1.807, 2.05) is 10.8 Å². The Balaban J connectivity index is 1.48. The van der Waals surface area contributed by atoms with Crippen molar-refractivity contribution in [1.82, 2.24) is 5.32 Å². The molecule has 0 spiro atoms. The monoisotopic (exact) mass is 374 g/mol. The zero-order valence-corrected chi connectivity index (χ0v) is 15.5. The van der Waals surface area contributed by atoms with Gasteiger partial charge in [-0.15, -0.1) is 0 Å². The first-order valence-electron chi connectivity index (χ1n) is 8.81. The Hall–Kier alpha value is -2.25. The number of carbonyl (C=O) groups is 1. The Kier molecular flexibility index (Phi) is 5.68. The van der Waals surface area contributed by atoms with Crippen LogP contribution in [0.3, 0.4) is 0 Å². The molecule has 7 heteroatoms. The van der Waals surface area contributed by atoms with Gasteiger partial charge >= 0.3 is 0 Å². The Morgan fingerprint density at radius 1 is 1.08 bits per heavy atom. The van der Waals surface area contributed by atoms with Crippen LogP contribution >= 0.6 is 0 Å². The number of nitrogens with one attached hydrogen (secondary N) is 1. The van der Waals surface area contributed by atoms with Gasteiger partial charge in [-0.05, 0) is 55.4 Å². The fraction of sp³-hybridized carbons (Fsp3) is 0.368. The highest BCUT2D eigenvalue weighted by Gasteiger charge is 2.15. The highest BCUT2D eigenvalue weighted by molar-refractivity contribution is 7.89. The van der Waals surface area contributed by atoms with Gasteiger partial charge in [0.1, 0.15) is 0 Å². The molecule has 1 aromatic carbocycles. The van der Waals surface area contributed by atoms with Crippen molar-refractivity contribution in [2.45, 2.75) is 43.5 Å². The predicted molar refractivity (Wildman–Crippen MR) is 97.8 cm³/mol. The van der Waals surface area contributed by atoms with Gasteiger partial charge in [0.15, 0.2) is 12.4 Å². The number of aryl methyl sites for hydroxylation is 2. The Morgan fingerprint density at radius 3 is 2.46 bits per heavy atom. The highest BCUT2D eigenvalue weighted by Crippen LogP contribution is 2.18. The third-order valence-corrected chi connectivity index (χ3v) is 5.59. The third-order valence-electron chi connectivity index (χ3n) is 4.66. The Bertz CT molecular complexity index is 893. The summed E-state index contributed by atoms with van der Waals surface area (Å²) in [6.07, 6.45) is 9.36. The zero-order valence-electron chi connectivity index (χ0n) is 14.6. The van der Waals surface area contributed by atoms with Crippen LogP contribution < -0.4 is 15.0 Å². The number of benzene rings is 1. The summed E-state index contributed by atoms with van der Waals surface area (Å²) in [5.41, 5.74) is 3.69.